The summed E-state index contributed by atoms with van der Waals surface area (Å²) < 4.78 is 46.4. The number of halogens is 3. The summed E-state index contributed by atoms with van der Waals surface area (Å²) in [6.45, 7) is -0.483. The Morgan fingerprint density at radius 1 is 1.21 bits per heavy atom. The first-order valence-electron chi connectivity index (χ1n) is 6.98. The molecule has 0 bridgehead atoms. The zero-order chi connectivity index (χ0) is 18.3. The van der Waals surface area contributed by atoms with E-state index in [4.69, 9.17) is 9.84 Å². The lowest BCUT2D eigenvalue weighted by molar-refractivity contribution is -0.154. The fraction of sp³-hybridized carbons (Fsp3) is 0.467. The number of para-hydroxylation sites is 2. The number of rotatable bonds is 8. The maximum atomic E-state index is 12.2. The summed E-state index contributed by atoms with van der Waals surface area (Å²) in [6, 6.07) is 5.66. The molecule has 6 nitrogen and oxygen atoms in total. The van der Waals surface area contributed by atoms with Crippen LogP contribution < -0.4 is 9.47 Å². The van der Waals surface area contributed by atoms with Crippen LogP contribution in [0.15, 0.2) is 24.3 Å². The molecule has 24 heavy (non-hydrogen) atoms. The summed E-state index contributed by atoms with van der Waals surface area (Å²) >= 11 is 0. The summed E-state index contributed by atoms with van der Waals surface area (Å²) in [5.74, 6) is -2.43. The molecule has 0 aliphatic carbocycles. The van der Waals surface area contributed by atoms with Gasteiger partial charge in [0.25, 0.3) is 5.91 Å². The number of amides is 1. The maximum absolute atomic E-state index is 12.2. The first-order valence-corrected chi connectivity index (χ1v) is 6.98. The van der Waals surface area contributed by atoms with Crippen LogP contribution in [-0.4, -0.2) is 54.9 Å². The number of hydrogen-bond acceptors (Lipinski definition) is 4. The highest BCUT2D eigenvalue weighted by atomic mass is 19.4. The highest BCUT2D eigenvalue weighted by molar-refractivity contribution is 5.78. The fourth-order valence-corrected chi connectivity index (χ4v) is 1.69. The molecule has 0 aliphatic heterocycles. The van der Waals surface area contributed by atoms with E-state index in [2.05, 4.69) is 4.74 Å². The lowest BCUT2D eigenvalue weighted by Crippen LogP contribution is -2.36. The molecule has 1 rings (SSSR count). The van der Waals surface area contributed by atoms with Crippen molar-refractivity contribution >= 4 is 11.9 Å². The number of carbonyl (C=O) groups is 2. The predicted octanol–water partition coefficient (Wildman–Crippen LogP) is 2.19. The van der Waals surface area contributed by atoms with E-state index in [9.17, 15) is 22.8 Å². The Kier molecular flexibility index (Phi) is 6.87. The molecule has 0 heterocycles. The molecular weight excluding hydrogens is 331 g/mol. The third-order valence-electron chi connectivity index (χ3n) is 2.99. The van der Waals surface area contributed by atoms with Crippen molar-refractivity contribution in [2.75, 3.05) is 26.8 Å². The number of hydrogen-bond donors (Lipinski definition) is 1. The van der Waals surface area contributed by atoms with Crippen molar-refractivity contribution in [1.82, 2.24) is 4.90 Å². The third-order valence-corrected chi connectivity index (χ3v) is 2.99. The van der Waals surface area contributed by atoms with Gasteiger partial charge in [-0.05, 0) is 12.1 Å². The van der Waals surface area contributed by atoms with Crippen LogP contribution in [0.5, 0.6) is 11.5 Å². The summed E-state index contributed by atoms with van der Waals surface area (Å²) in [4.78, 5) is 23.8. The molecule has 134 valence electrons. The SMILES string of the molecule is CC(CN(C)C(=O)COc1ccccc1OCC(F)(F)F)C(=O)O. The van der Waals surface area contributed by atoms with Crippen molar-refractivity contribution in [1.29, 1.82) is 0 Å². The number of aliphatic carboxylic acids is 1. The number of alkyl halides is 3. The second-order valence-electron chi connectivity index (χ2n) is 5.15. The van der Waals surface area contributed by atoms with Crippen molar-refractivity contribution in [3.63, 3.8) is 0 Å². The molecule has 1 atom stereocenters. The smallest absolute Gasteiger partial charge is 0.422 e. The third kappa shape index (κ3) is 6.76. The lowest BCUT2D eigenvalue weighted by atomic mass is 10.2. The number of benzene rings is 1. The van der Waals surface area contributed by atoms with Crippen molar-refractivity contribution in [2.45, 2.75) is 13.1 Å². The van der Waals surface area contributed by atoms with Crippen molar-refractivity contribution in [2.24, 2.45) is 5.92 Å². The van der Waals surface area contributed by atoms with E-state index < -0.39 is 37.2 Å². The highest BCUT2D eigenvalue weighted by Crippen LogP contribution is 2.28. The Morgan fingerprint density at radius 2 is 1.75 bits per heavy atom. The second-order valence-corrected chi connectivity index (χ2v) is 5.15. The fourth-order valence-electron chi connectivity index (χ4n) is 1.69. The first kappa shape index (κ1) is 19.6. The van der Waals surface area contributed by atoms with Gasteiger partial charge >= 0.3 is 12.1 Å². The average Bonchev–Trinajstić information content (AvgIpc) is 2.50. The van der Waals surface area contributed by atoms with Crippen molar-refractivity contribution in [3.8, 4) is 11.5 Å². The Labute approximate surface area is 136 Å². The van der Waals surface area contributed by atoms with E-state index in [-0.39, 0.29) is 18.0 Å². The minimum absolute atomic E-state index is 0.00483. The number of carbonyl (C=O) groups excluding carboxylic acids is 1. The summed E-state index contributed by atoms with van der Waals surface area (Å²) in [5.41, 5.74) is 0. The van der Waals surface area contributed by atoms with E-state index >= 15 is 0 Å². The molecule has 0 fully saturated rings. The Balaban J connectivity index is 2.60. The molecule has 1 unspecified atom stereocenters. The summed E-state index contributed by atoms with van der Waals surface area (Å²) in [5, 5.41) is 8.80. The van der Waals surface area contributed by atoms with Crippen LogP contribution in [0.1, 0.15) is 6.92 Å². The number of carboxylic acid groups (broad SMARTS) is 1. The van der Waals surface area contributed by atoms with Gasteiger partial charge in [0.1, 0.15) is 0 Å². The monoisotopic (exact) mass is 349 g/mol. The standard InChI is InChI=1S/C15H18F3NO5/c1-10(14(21)22)7-19(2)13(20)8-23-11-5-3-4-6-12(11)24-9-15(16,17)18/h3-6,10H,7-9H2,1-2H3,(H,21,22). The van der Waals surface area contributed by atoms with E-state index in [0.29, 0.717) is 0 Å². The van der Waals surface area contributed by atoms with Crippen LogP contribution in [-0.2, 0) is 9.59 Å². The van der Waals surface area contributed by atoms with Gasteiger partial charge in [0.05, 0.1) is 5.92 Å². The summed E-state index contributed by atoms with van der Waals surface area (Å²) in [7, 11) is 1.41. The van der Waals surface area contributed by atoms with Crippen LogP contribution in [0, 0.1) is 5.92 Å². The van der Waals surface area contributed by atoms with Gasteiger partial charge in [0, 0.05) is 13.6 Å². The topological polar surface area (TPSA) is 76.1 Å². The molecule has 0 saturated heterocycles. The van der Waals surface area contributed by atoms with Gasteiger partial charge in [-0.25, -0.2) is 0 Å². The molecule has 0 saturated carbocycles. The molecule has 1 N–H and O–H groups in total. The Hall–Kier alpha value is -2.45. The zero-order valence-corrected chi connectivity index (χ0v) is 13.2. The quantitative estimate of drug-likeness (QED) is 0.779. The minimum Gasteiger partial charge on any atom is -0.481 e. The van der Waals surface area contributed by atoms with E-state index in [1.165, 1.54) is 43.1 Å². The van der Waals surface area contributed by atoms with Crippen LogP contribution >= 0.6 is 0 Å². The number of carboxylic acids is 1. The molecule has 1 aromatic carbocycles. The molecule has 0 aromatic heterocycles. The van der Waals surface area contributed by atoms with E-state index in [1.807, 2.05) is 0 Å². The minimum atomic E-state index is -4.49. The van der Waals surface area contributed by atoms with Crippen LogP contribution in [0.25, 0.3) is 0 Å². The first-order chi connectivity index (χ1) is 11.1. The van der Waals surface area contributed by atoms with Gasteiger partial charge in [0.15, 0.2) is 24.7 Å². The van der Waals surface area contributed by atoms with Gasteiger partial charge in [0.2, 0.25) is 0 Å². The molecule has 1 aromatic rings. The van der Waals surface area contributed by atoms with Crippen LogP contribution in [0.2, 0.25) is 0 Å². The van der Waals surface area contributed by atoms with Gasteiger partial charge in [-0.3, -0.25) is 9.59 Å². The average molecular weight is 349 g/mol. The van der Waals surface area contributed by atoms with Crippen LogP contribution in [0.3, 0.4) is 0 Å². The largest absolute Gasteiger partial charge is 0.481 e. The maximum Gasteiger partial charge on any atom is 0.422 e. The predicted molar refractivity (Wildman–Crippen MR) is 77.9 cm³/mol. The number of ether oxygens (including phenoxy) is 2. The van der Waals surface area contributed by atoms with Gasteiger partial charge in [-0.1, -0.05) is 19.1 Å². The van der Waals surface area contributed by atoms with Gasteiger partial charge in [-0.15, -0.1) is 0 Å². The molecule has 0 aliphatic rings. The number of likely N-dealkylation sites (N-methyl/N-ethyl adjacent to an activating group) is 1. The molecule has 0 spiro atoms. The van der Waals surface area contributed by atoms with E-state index in [1.54, 1.807) is 0 Å². The normalized spacial score (nSPS) is 12.4. The van der Waals surface area contributed by atoms with E-state index in [0.717, 1.165) is 0 Å². The molecule has 0 radical (unpaired) electrons. The van der Waals surface area contributed by atoms with Crippen molar-refractivity contribution in [3.05, 3.63) is 24.3 Å². The molecular formula is C15H18F3NO5. The molecule has 9 heteroatoms. The second kappa shape index (κ2) is 8.42. The van der Waals surface area contributed by atoms with Gasteiger partial charge in [-0.2, -0.15) is 13.2 Å². The lowest BCUT2D eigenvalue weighted by Gasteiger charge is -2.20. The Bertz CT molecular complexity index is 576. The summed E-state index contributed by atoms with van der Waals surface area (Å²) in [6.07, 6.45) is -4.49. The van der Waals surface area contributed by atoms with Gasteiger partial charge < -0.3 is 19.5 Å². The zero-order valence-electron chi connectivity index (χ0n) is 13.2. The van der Waals surface area contributed by atoms with Crippen LogP contribution in [0.4, 0.5) is 13.2 Å². The highest BCUT2D eigenvalue weighted by Gasteiger charge is 2.29. The molecule has 1 amide bonds. The number of nitrogens with zero attached hydrogens (tertiary/aromatic N) is 1. The van der Waals surface area contributed by atoms with Crippen molar-refractivity contribution < 1.29 is 37.3 Å². The Morgan fingerprint density at radius 3 is 2.25 bits per heavy atom.